The van der Waals surface area contributed by atoms with Crippen LogP contribution >= 0.6 is 11.3 Å². The number of nitrogens with one attached hydrogen (secondary N) is 3. The second-order valence-electron chi connectivity index (χ2n) is 6.54. The van der Waals surface area contributed by atoms with Gasteiger partial charge in [0.25, 0.3) is 0 Å². The monoisotopic (exact) mass is 346 g/mol. The molecule has 1 heterocycles. The Morgan fingerprint density at radius 2 is 1.75 bits per heavy atom. The van der Waals surface area contributed by atoms with Gasteiger partial charge in [0.05, 0.1) is 11.4 Å². The number of carbonyl (C=O) groups is 2. The molecule has 0 unspecified atom stereocenters. The Morgan fingerprint density at radius 1 is 1.08 bits per heavy atom. The van der Waals surface area contributed by atoms with Gasteiger partial charge in [-0.15, -0.1) is 11.3 Å². The fourth-order valence-electron chi connectivity index (χ4n) is 2.12. The molecular formula is C17H22N4O2S. The number of hydrogen-bond acceptors (Lipinski definition) is 5. The molecule has 2 rings (SSSR count). The number of carbonyl (C=O) groups excluding carboxylic acids is 2. The molecule has 0 spiro atoms. The molecule has 7 heteroatoms. The molecule has 0 aliphatic carbocycles. The van der Waals surface area contributed by atoms with Crippen molar-refractivity contribution in [2.75, 3.05) is 16.0 Å². The minimum atomic E-state index is -0.181. The normalized spacial score (nSPS) is 11.0. The van der Waals surface area contributed by atoms with Crippen LogP contribution in [-0.4, -0.2) is 22.3 Å². The third-order valence-electron chi connectivity index (χ3n) is 2.91. The van der Waals surface area contributed by atoms with Gasteiger partial charge >= 0.3 is 0 Å². The van der Waals surface area contributed by atoms with Crippen molar-refractivity contribution >= 4 is 39.7 Å². The van der Waals surface area contributed by atoms with E-state index in [1.807, 2.05) is 11.4 Å². The third kappa shape index (κ3) is 5.06. The number of aromatic nitrogens is 1. The lowest BCUT2D eigenvalue weighted by molar-refractivity contribution is -0.115. The van der Waals surface area contributed by atoms with Gasteiger partial charge in [-0.3, -0.25) is 9.59 Å². The molecule has 2 aromatic rings. The maximum atomic E-state index is 11.5. The van der Waals surface area contributed by atoms with E-state index in [4.69, 9.17) is 0 Å². The molecule has 128 valence electrons. The van der Waals surface area contributed by atoms with Crippen molar-refractivity contribution in [3.63, 3.8) is 0 Å². The molecule has 0 radical (unpaired) electrons. The number of thiazole rings is 1. The zero-order valence-corrected chi connectivity index (χ0v) is 15.3. The van der Waals surface area contributed by atoms with E-state index in [1.165, 1.54) is 25.2 Å². The number of nitrogens with zero attached hydrogens (tertiary/aromatic N) is 1. The van der Waals surface area contributed by atoms with Crippen LogP contribution in [0.5, 0.6) is 0 Å². The Morgan fingerprint density at radius 3 is 2.33 bits per heavy atom. The maximum Gasteiger partial charge on any atom is 0.221 e. The smallest absolute Gasteiger partial charge is 0.221 e. The summed E-state index contributed by atoms with van der Waals surface area (Å²) in [5, 5.41) is 11.6. The van der Waals surface area contributed by atoms with Crippen molar-refractivity contribution in [2.24, 2.45) is 0 Å². The standard InChI is InChI=1S/C17H22N4O2S/c1-10(22)18-12-6-7-13(14(8-12)19-11(2)23)15-9-24-16(20-15)21-17(3,4)5/h6-9H,1-5H3,(H,18,22)(H,19,23)(H,20,21). The van der Waals surface area contributed by atoms with Crippen molar-refractivity contribution in [1.29, 1.82) is 0 Å². The lowest BCUT2D eigenvalue weighted by Gasteiger charge is -2.19. The highest BCUT2D eigenvalue weighted by Crippen LogP contribution is 2.33. The van der Waals surface area contributed by atoms with Crippen LogP contribution in [0.2, 0.25) is 0 Å². The SMILES string of the molecule is CC(=O)Nc1ccc(-c2csc(NC(C)(C)C)n2)c(NC(C)=O)c1. The molecule has 0 atom stereocenters. The highest BCUT2D eigenvalue weighted by molar-refractivity contribution is 7.14. The molecule has 0 saturated heterocycles. The Hall–Kier alpha value is -2.41. The topological polar surface area (TPSA) is 83.1 Å². The van der Waals surface area contributed by atoms with Crippen LogP contribution in [0.4, 0.5) is 16.5 Å². The lowest BCUT2D eigenvalue weighted by atomic mass is 10.1. The van der Waals surface area contributed by atoms with Gasteiger partial charge < -0.3 is 16.0 Å². The van der Waals surface area contributed by atoms with Crippen LogP contribution in [0.25, 0.3) is 11.3 Å². The molecular weight excluding hydrogens is 324 g/mol. The molecule has 3 N–H and O–H groups in total. The van der Waals surface area contributed by atoms with Crippen molar-refractivity contribution in [3.05, 3.63) is 23.6 Å². The lowest BCUT2D eigenvalue weighted by Crippen LogP contribution is -2.25. The highest BCUT2D eigenvalue weighted by Gasteiger charge is 2.15. The zero-order chi connectivity index (χ0) is 17.9. The zero-order valence-electron chi connectivity index (χ0n) is 14.5. The summed E-state index contributed by atoms with van der Waals surface area (Å²) in [6.45, 7) is 9.09. The molecule has 24 heavy (non-hydrogen) atoms. The molecule has 0 saturated carbocycles. The summed E-state index contributed by atoms with van der Waals surface area (Å²) in [5.74, 6) is -0.346. The summed E-state index contributed by atoms with van der Waals surface area (Å²) >= 11 is 1.51. The van der Waals surface area contributed by atoms with Crippen molar-refractivity contribution in [2.45, 2.75) is 40.2 Å². The Kier molecular flexibility index (Phi) is 5.23. The maximum absolute atomic E-state index is 11.5. The van der Waals surface area contributed by atoms with E-state index in [9.17, 15) is 9.59 Å². The third-order valence-corrected chi connectivity index (χ3v) is 3.67. The minimum absolute atomic E-state index is 0.0785. The van der Waals surface area contributed by atoms with Gasteiger partial charge in [-0.2, -0.15) is 0 Å². The summed E-state index contributed by atoms with van der Waals surface area (Å²) in [6.07, 6.45) is 0. The van der Waals surface area contributed by atoms with Gasteiger partial charge in [-0.1, -0.05) is 0 Å². The number of benzene rings is 1. The number of rotatable bonds is 4. The van der Waals surface area contributed by atoms with Crippen LogP contribution in [-0.2, 0) is 9.59 Å². The highest BCUT2D eigenvalue weighted by atomic mass is 32.1. The molecule has 6 nitrogen and oxygen atoms in total. The van der Waals surface area contributed by atoms with Gasteiger partial charge in [0.1, 0.15) is 0 Å². The molecule has 2 amide bonds. The van der Waals surface area contributed by atoms with Gasteiger partial charge in [-0.25, -0.2) is 4.98 Å². The number of hydrogen-bond donors (Lipinski definition) is 3. The quantitative estimate of drug-likeness (QED) is 0.783. The second-order valence-corrected chi connectivity index (χ2v) is 7.39. The van der Waals surface area contributed by atoms with Crippen LogP contribution in [0.3, 0.4) is 0 Å². The van der Waals surface area contributed by atoms with Gasteiger partial charge in [0.2, 0.25) is 11.8 Å². The molecule has 0 aliphatic heterocycles. The molecule has 1 aromatic carbocycles. The van der Waals surface area contributed by atoms with E-state index in [0.29, 0.717) is 11.4 Å². The summed E-state index contributed by atoms with van der Waals surface area (Å²) in [6, 6.07) is 5.36. The number of anilines is 3. The van der Waals surface area contributed by atoms with Crippen LogP contribution in [0.1, 0.15) is 34.6 Å². The predicted octanol–water partition coefficient (Wildman–Crippen LogP) is 3.94. The summed E-state index contributed by atoms with van der Waals surface area (Å²) in [5.41, 5.74) is 2.73. The van der Waals surface area contributed by atoms with E-state index in [0.717, 1.165) is 16.4 Å². The summed E-state index contributed by atoms with van der Waals surface area (Å²) in [4.78, 5) is 27.3. The first-order valence-electron chi connectivity index (χ1n) is 7.57. The first-order chi connectivity index (χ1) is 11.1. The van der Waals surface area contributed by atoms with Gasteiger partial charge in [-0.05, 0) is 39.0 Å². The largest absolute Gasteiger partial charge is 0.357 e. The van der Waals surface area contributed by atoms with Crippen molar-refractivity contribution < 1.29 is 9.59 Å². The average Bonchev–Trinajstić information content (AvgIpc) is 2.83. The minimum Gasteiger partial charge on any atom is -0.357 e. The van der Waals surface area contributed by atoms with Crippen LogP contribution in [0, 0.1) is 0 Å². The summed E-state index contributed by atoms with van der Waals surface area (Å²) < 4.78 is 0. The van der Waals surface area contributed by atoms with E-state index in [-0.39, 0.29) is 17.4 Å². The van der Waals surface area contributed by atoms with E-state index < -0.39 is 0 Å². The Bertz CT molecular complexity index is 762. The first-order valence-corrected chi connectivity index (χ1v) is 8.45. The average molecular weight is 346 g/mol. The van der Waals surface area contributed by atoms with E-state index in [2.05, 4.69) is 41.7 Å². The number of amides is 2. The van der Waals surface area contributed by atoms with Gasteiger partial charge in [0.15, 0.2) is 5.13 Å². The molecule has 0 fully saturated rings. The predicted molar refractivity (Wildman–Crippen MR) is 99.5 cm³/mol. The van der Waals surface area contributed by atoms with Crippen LogP contribution < -0.4 is 16.0 Å². The first kappa shape index (κ1) is 17.9. The molecule has 0 aliphatic rings. The summed E-state index contributed by atoms with van der Waals surface area (Å²) in [7, 11) is 0. The fourth-order valence-corrected chi connectivity index (χ4v) is 3.04. The van der Waals surface area contributed by atoms with Gasteiger partial charge in [0, 0.05) is 36.0 Å². The molecule has 1 aromatic heterocycles. The Balaban J connectivity index is 2.37. The van der Waals surface area contributed by atoms with E-state index in [1.54, 1.807) is 12.1 Å². The second kappa shape index (κ2) is 7.00. The fraction of sp³-hybridized carbons (Fsp3) is 0.353. The van der Waals surface area contributed by atoms with Crippen LogP contribution in [0.15, 0.2) is 23.6 Å². The van der Waals surface area contributed by atoms with E-state index >= 15 is 0 Å². The van der Waals surface area contributed by atoms with Crippen molar-refractivity contribution in [3.8, 4) is 11.3 Å². The molecule has 0 bridgehead atoms. The Labute approximate surface area is 145 Å². The van der Waals surface area contributed by atoms with Crippen molar-refractivity contribution in [1.82, 2.24) is 4.98 Å².